The summed E-state index contributed by atoms with van der Waals surface area (Å²) in [7, 11) is 1.81. The highest BCUT2D eigenvalue weighted by Gasteiger charge is 2.36. The van der Waals surface area contributed by atoms with Crippen LogP contribution in [0, 0.1) is 17.0 Å². The number of ether oxygens (including phenoxy) is 3. The van der Waals surface area contributed by atoms with Crippen LogP contribution >= 0.6 is 0 Å². The van der Waals surface area contributed by atoms with Gasteiger partial charge < -0.3 is 19.1 Å². The third-order valence-corrected chi connectivity index (χ3v) is 7.92. The lowest BCUT2D eigenvalue weighted by Gasteiger charge is -2.41. The monoisotopic (exact) mass is 479 g/mol. The molecule has 0 spiro atoms. The predicted octanol–water partition coefficient (Wildman–Crippen LogP) is 2.76. The van der Waals surface area contributed by atoms with Crippen LogP contribution in [-0.4, -0.2) is 71.9 Å². The smallest absolute Gasteiger partial charge is 0.296 e. The second-order valence-electron chi connectivity index (χ2n) is 7.88. The van der Waals surface area contributed by atoms with Crippen molar-refractivity contribution in [1.82, 2.24) is 4.31 Å². The van der Waals surface area contributed by atoms with Gasteiger partial charge in [0.2, 0.25) is 10.0 Å². The largest absolute Gasteiger partial charge is 0.497 e. The molecule has 3 rings (SSSR count). The quantitative estimate of drug-likeness (QED) is 0.291. The summed E-state index contributed by atoms with van der Waals surface area (Å²) in [6, 6.07) is 10.7. The lowest BCUT2D eigenvalue weighted by molar-refractivity contribution is -0.384. The van der Waals surface area contributed by atoms with E-state index in [9.17, 15) is 18.5 Å². The number of hydrogen-bond donors (Lipinski definition) is 0. The van der Waals surface area contributed by atoms with Crippen molar-refractivity contribution in [2.45, 2.75) is 24.0 Å². The predicted molar refractivity (Wildman–Crippen MR) is 123 cm³/mol. The Morgan fingerprint density at radius 1 is 1.18 bits per heavy atom. The number of nitro benzene ring substituents is 1. The van der Waals surface area contributed by atoms with Gasteiger partial charge in [-0.2, -0.15) is 4.31 Å². The molecule has 10 nitrogen and oxygen atoms in total. The molecule has 0 amide bonds. The van der Waals surface area contributed by atoms with Gasteiger partial charge in [-0.25, -0.2) is 8.42 Å². The Bertz CT molecular complexity index is 1110. The fourth-order valence-corrected chi connectivity index (χ4v) is 5.31. The second-order valence-corrected chi connectivity index (χ2v) is 9.89. The summed E-state index contributed by atoms with van der Waals surface area (Å²) in [4.78, 5) is 13.2. The number of benzene rings is 2. The van der Waals surface area contributed by atoms with Gasteiger partial charge in [0.25, 0.3) is 5.69 Å². The van der Waals surface area contributed by atoms with Crippen LogP contribution < -0.4 is 9.64 Å². The number of methoxy groups -OCH3 is 3. The third kappa shape index (κ3) is 4.96. The minimum atomic E-state index is -4.00. The topological polar surface area (TPSA) is 111 Å². The molecule has 1 fully saturated rings. The first-order valence-electron chi connectivity index (χ1n) is 10.3. The molecule has 1 aliphatic heterocycles. The lowest BCUT2D eigenvalue weighted by atomic mass is 9.90. The Balaban J connectivity index is 1.87. The van der Waals surface area contributed by atoms with Crippen LogP contribution in [0.3, 0.4) is 0 Å². The molecule has 0 bridgehead atoms. The maximum Gasteiger partial charge on any atom is 0.296 e. The van der Waals surface area contributed by atoms with Crippen LogP contribution in [0.4, 0.5) is 11.4 Å². The maximum absolute atomic E-state index is 13.1. The second kappa shape index (κ2) is 10.0. The van der Waals surface area contributed by atoms with Gasteiger partial charge in [-0.1, -0.05) is 12.1 Å². The van der Waals surface area contributed by atoms with Crippen LogP contribution in [0.25, 0.3) is 0 Å². The zero-order valence-corrected chi connectivity index (χ0v) is 20.2. The highest BCUT2D eigenvalue weighted by atomic mass is 32.2. The zero-order chi connectivity index (χ0) is 24.3. The summed E-state index contributed by atoms with van der Waals surface area (Å²) in [5.41, 5.74) is 1.39. The molecule has 0 radical (unpaired) electrons. The number of likely N-dealkylation sites (N-methyl/N-ethyl adjacent to an activating group) is 1. The van der Waals surface area contributed by atoms with Crippen LogP contribution in [0.2, 0.25) is 0 Å². The fourth-order valence-electron chi connectivity index (χ4n) is 3.94. The van der Waals surface area contributed by atoms with E-state index in [2.05, 4.69) is 0 Å². The number of nitrogens with zero attached hydrogens (tertiary/aromatic N) is 3. The molecule has 180 valence electrons. The number of hydrogen-bond acceptors (Lipinski definition) is 8. The van der Waals surface area contributed by atoms with E-state index < -0.39 is 21.2 Å². The van der Waals surface area contributed by atoms with Crippen LogP contribution in [0.15, 0.2) is 41.3 Å². The van der Waals surface area contributed by atoms with Crippen LogP contribution in [0.5, 0.6) is 5.75 Å². The van der Waals surface area contributed by atoms with E-state index in [1.807, 2.05) is 29.2 Å². The summed E-state index contributed by atoms with van der Waals surface area (Å²) in [5, 5.41) is 12.0. The van der Waals surface area contributed by atoms with Gasteiger partial charge in [0.05, 0.1) is 23.5 Å². The molecule has 11 heteroatoms. The van der Waals surface area contributed by atoms with E-state index in [0.29, 0.717) is 18.8 Å². The van der Waals surface area contributed by atoms with Crippen molar-refractivity contribution in [3.8, 4) is 5.75 Å². The van der Waals surface area contributed by atoms with E-state index in [0.717, 1.165) is 15.6 Å². The SMILES string of the molecule is COc1cccc(C2CN(c3ccc(S(=O)(=O)N(C)CC(OC)OC)c(C)c3[N+](=O)[O-])C2)c1. The van der Waals surface area contributed by atoms with Gasteiger partial charge in [0, 0.05) is 45.8 Å². The van der Waals surface area contributed by atoms with Crippen molar-refractivity contribution in [3.05, 3.63) is 57.6 Å². The fraction of sp³-hybridized carbons (Fsp3) is 0.455. The van der Waals surface area contributed by atoms with Crippen molar-refractivity contribution in [1.29, 1.82) is 0 Å². The van der Waals surface area contributed by atoms with Crippen molar-refractivity contribution in [2.75, 3.05) is 52.9 Å². The van der Waals surface area contributed by atoms with Gasteiger partial charge >= 0.3 is 0 Å². The molecule has 2 aromatic carbocycles. The number of nitro groups is 1. The first kappa shape index (κ1) is 24.9. The molecule has 0 N–H and O–H groups in total. The Hall–Kier alpha value is -2.73. The Kier molecular flexibility index (Phi) is 7.58. The molecule has 1 heterocycles. The molecule has 0 aliphatic carbocycles. The minimum absolute atomic E-state index is 0.0569. The van der Waals surface area contributed by atoms with Crippen molar-refractivity contribution < 1.29 is 27.6 Å². The summed E-state index contributed by atoms with van der Waals surface area (Å²) < 4.78 is 42.7. The Morgan fingerprint density at radius 2 is 1.85 bits per heavy atom. The molecule has 1 aliphatic rings. The Labute approximate surface area is 193 Å². The maximum atomic E-state index is 13.1. The van der Waals surface area contributed by atoms with E-state index in [4.69, 9.17) is 14.2 Å². The van der Waals surface area contributed by atoms with Crippen molar-refractivity contribution in [2.24, 2.45) is 0 Å². The van der Waals surface area contributed by atoms with Gasteiger partial charge in [0.1, 0.15) is 11.4 Å². The van der Waals surface area contributed by atoms with Crippen molar-refractivity contribution >= 4 is 21.4 Å². The molecule has 1 saturated heterocycles. The molecule has 0 atom stereocenters. The number of sulfonamides is 1. The summed E-state index contributed by atoms with van der Waals surface area (Å²) >= 11 is 0. The Morgan fingerprint density at radius 3 is 2.42 bits per heavy atom. The molecule has 0 unspecified atom stereocenters. The first-order chi connectivity index (χ1) is 15.6. The first-order valence-corrected chi connectivity index (χ1v) is 11.8. The van der Waals surface area contributed by atoms with Gasteiger partial charge in [-0.05, 0) is 36.8 Å². The van der Waals surface area contributed by atoms with E-state index in [1.165, 1.54) is 40.3 Å². The molecule has 33 heavy (non-hydrogen) atoms. The van der Waals surface area contributed by atoms with E-state index in [-0.39, 0.29) is 28.6 Å². The van der Waals surface area contributed by atoms with Gasteiger partial charge in [-0.3, -0.25) is 10.1 Å². The number of anilines is 1. The molecule has 0 aromatic heterocycles. The molecule has 0 saturated carbocycles. The average molecular weight is 480 g/mol. The van der Waals surface area contributed by atoms with Gasteiger partial charge in [0.15, 0.2) is 6.29 Å². The summed E-state index contributed by atoms with van der Waals surface area (Å²) in [6.07, 6.45) is -0.756. The lowest BCUT2D eigenvalue weighted by Crippen LogP contribution is -2.45. The summed E-state index contributed by atoms with van der Waals surface area (Å²) in [6.45, 7) is 2.58. The van der Waals surface area contributed by atoms with Crippen LogP contribution in [-0.2, 0) is 19.5 Å². The standard InChI is InChI=1S/C22H29N3O7S/c1-15-20(33(28,29)23(2)14-21(31-4)32-5)10-9-19(22(15)25(26)27)24-12-17(13-24)16-7-6-8-18(11-16)30-3/h6-11,17,21H,12-14H2,1-5H3. The minimum Gasteiger partial charge on any atom is -0.497 e. The molecular formula is C22H29N3O7S. The van der Waals surface area contributed by atoms with E-state index >= 15 is 0 Å². The van der Waals surface area contributed by atoms with Crippen LogP contribution in [0.1, 0.15) is 17.0 Å². The van der Waals surface area contributed by atoms with Gasteiger partial charge in [-0.15, -0.1) is 0 Å². The third-order valence-electron chi connectivity index (χ3n) is 5.95. The highest BCUT2D eigenvalue weighted by Crippen LogP contribution is 2.41. The highest BCUT2D eigenvalue weighted by molar-refractivity contribution is 7.89. The zero-order valence-electron chi connectivity index (χ0n) is 19.3. The molecular weight excluding hydrogens is 450 g/mol. The molecule has 2 aromatic rings. The number of rotatable bonds is 10. The average Bonchev–Trinajstić information content (AvgIpc) is 2.76. The van der Waals surface area contributed by atoms with E-state index in [1.54, 1.807) is 7.11 Å². The normalized spacial score (nSPS) is 14.6. The summed E-state index contributed by atoms with van der Waals surface area (Å²) in [5.74, 6) is 0.963. The van der Waals surface area contributed by atoms with Crippen molar-refractivity contribution in [3.63, 3.8) is 0 Å².